The van der Waals surface area contributed by atoms with E-state index in [2.05, 4.69) is 5.32 Å². The Morgan fingerprint density at radius 2 is 1.90 bits per heavy atom. The molecule has 0 saturated carbocycles. The average Bonchev–Trinajstić information content (AvgIpc) is 2.46. The van der Waals surface area contributed by atoms with E-state index in [9.17, 15) is 4.79 Å². The Labute approximate surface area is 118 Å². The molecule has 0 aliphatic carbocycles. The largest absolute Gasteiger partial charge is 0.493 e. The summed E-state index contributed by atoms with van der Waals surface area (Å²) in [6.45, 7) is 0.877. The van der Waals surface area contributed by atoms with Gasteiger partial charge in [0.15, 0.2) is 0 Å². The lowest BCUT2D eigenvalue weighted by Gasteiger charge is -2.07. The van der Waals surface area contributed by atoms with Crippen molar-refractivity contribution in [2.75, 3.05) is 12.3 Å². The van der Waals surface area contributed by atoms with Crippen molar-refractivity contribution < 1.29 is 9.53 Å². The number of amides is 1. The minimum atomic E-state index is -0.0299. The van der Waals surface area contributed by atoms with Gasteiger partial charge in [-0.15, -0.1) is 0 Å². The van der Waals surface area contributed by atoms with Gasteiger partial charge in [-0.05, 0) is 17.7 Å². The van der Waals surface area contributed by atoms with Gasteiger partial charge >= 0.3 is 0 Å². The Morgan fingerprint density at radius 1 is 1.10 bits per heavy atom. The molecule has 2 aromatic carbocycles. The summed E-state index contributed by atoms with van der Waals surface area (Å²) in [5, 5.41) is 2.85. The number of rotatable bonds is 6. The van der Waals surface area contributed by atoms with Gasteiger partial charge in [-0.2, -0.15) is 0 Å². The zero-order valence-corrected chi connectivity index (χ0v) is 11.2. The van der Waals surface area contributed by atoms with Crippen LogP contribution < -0.4 is 15.8 Å². The van der Waals surface area contributed by atoms with Crippen LogP contribution in [-0.2, 0) is 11.3 Å². The summed E-state index contributed by atoms with van der Waals surface area (Å²) in [6, 6.07) is 17.0. The Balaban J connectivity index is 1.68. The van der Waals surface area contributed by atoms with Crippen LogP contribution in [0.15, 0.2) is 54.6 Å². The number of anilines is 1. The summed E-state index contributed by atoms with van der Waals surface area (Å²) in [4.78, 5) is 11.7. The fraction of sp³-hybridized carbons (Fsp3) is 0.188. The molecule has 2 aromatic rings. The molecule has 20 heavy (non-hydrogen) atoms. The first-order valence-corrected chi connectivity index (χ1v) is 6.53. The number of hydrogen-bond donors (Lipinski definition) is 2. The maximum Gasteiger partial charge on any atom is 0.223 e. The van der Waals surface area contributed by atoms with Crippen molar-refractivity contribution >= 4 is 11.6 Å². The molecule has 0 saturated heterocycles. The predicted octanol–water partition coefficient (Wildman–Crippen LogP) is 2.35. The molecular weight excluding hydrogens is 252 g/mol. The van der Waals surface area contributed by atoms with Gasteiger partial charge in [0.05, 0.1) is 13.0 Å². The van der Waals surface area contributed by atoms with Crippen LogP contribution in [0.3, 0.4) is 0 Å². The number of nitrogen functional groups attached to an aromatic ring is 1. The van der Waals surface area contributed by atoms with E-state index >= 15 is 0 Å². The second kappa shape index (κ2) is 7.19. The minimum Gasteiger partial charge on any atom is -0.493 e. The molecule has 2 rings (SSSR count). The monoisotopic (exact) mass is 270 g/mol. The Kier molecular flexibility index (Phi) is 5.00. The minimum absolute atomic E-state index is 0.0299. The second-order valence-corrected chi connectivity index (χ2v) is 4.43. The molecule has 3 N–H and O–H groups in total. The number of nitrogens with two attached hydrogens (primary N) is 1. The van der Waals surface area contributed by atoms with Gasteiger partial charge in [-0.3, -0.25) is 4.79 Å². The van der Waals surface area contributed by atoms with Gasteiger partial charge in [-0.1, -0.05) is 36.4 Å². The summed E-state index contributed by atoms with van der Waals surface area (Å²) < 4.78 is 5.47. The molecule has 0 unspecified atom stereocenters. The van der Waals surface area contributed by atoms with E-state index in [1.807, 2.05) is 42.5 Å². The van der Waals surface area contributed by atoms with Crippen molar-refractivity contribution in [1.29, 1.82) is 0 Å². The molecule has 0 aliphatic rings. The van der Waals surface area contributed by atoms with Crippen LogP contribution in [0.1, 0.15) is 12.0 Å². The Morgan fingerprint density at radius 3 is 2.65 bits per heavy atom. The van der Waals surface area contributed by atoms with Crippen LogP contribution in [0.2, 0.25) is 0 Å². The molecule has 0 radical (unpaired) electrons. The molecule has 1 amide bonds. The number of carbonyl (C=O) groups excluding carboxylic acids is 1. The van der Waals surface area contributed by atoms with Crippen molar-refractivity contribution in [3.8, 4) is 5.75 Å². The molecule has 0 fully saturated rings. The first kappa shape index (κ1) is 13.9. The summed E-state index contributed by atoms with van der Waals surface area (Å²) in [5.41, 5.74) is 7.37. The van der Waals surface area contributed by atoms with Crippen LogP contribution >= 0.6 is 0 Å². The molecule has 4 heteroatoms. The fourth-order valence-electron chi connectivity index (χ4n) is 1.75. The second-order valence-electron chi connectivity index (χ2n) is 4.43. The van der Waals surface area contributed by atoms with E-state index in [-0.39, 0.29) is 5.91 Å². The smallest absolute Gasteiger partial charge is 0.223 e. The van der Waals surface area contributed by atoms with Gasteiger partial charge in [0.25, 0.3) is 0 Å². The van der Waals surface area contributed by atoms with E-state index in [1.54, 1.807) is 12.1 Å². The van der Waals surface area contributed by atoms with Crippen LogP contribution in [0, 0.1) is 0 Å². The third-order valence-corrected chi connectivity index (χ3v) is 2.79. The number of ether oxygens (including phenoxy) is 1. The van der Waals surface area contributed by atoms with Crippen LogP contribution in [0.25, 0.3) is 0 Å². The summed E-state index contributed by atoms with van der Waals surface area (Å²) in [5.74, 6) is 0.651. The quantitative estimate of drug-likeness (QED) is 0.792. The topological polar surface area (TPSA) is 64.3 Å². The maximum atomic E-state index is 11.7. The molecule has 0 atom stereocenters. The number of carbonyl (C=O) groups is 1. The van der Waals surface area contributed by atoms with E-state index in [4.69, 9.17) is 10.5 Å². The van der Waals surface area contributed by atoms with Crippen LogP contribution in [0.5, 0.6) is 5.75 Å². The Hall–Kier alpha value is -2.49. The Bertz CT molecular complexity index is 555. The zero-order valence-electron chi connectivity index (χ0n) is 11.2. The molecule has 0 bridgehead atoms. The summed E-state index contributed by atoms with van der Waals surface area (Å²) in [7, 11) is 0. The van der Waals surface area contributed by atoms with Gasteiger partial charge in [0.2, 0.25) is 5.91 Å². The molecule has 104 valence electrons. The highest BCUT2D eigenvalue weighted by molar-refractivity contribution is 5.76. The third kappa shape index (κ3) is 4.65. The van der Waals surface area contributed by atoms with Gasteiger partial charge in [-0.25, -0.2) is 0 Å². The molecule has 0 aromatic heterocycles. The number of hydrogen-bond acceptors (Lipinski definition) is 3. The zero-order chi connectivity index (χ0) is 14.2. The summed E-state index contributed by atoms with van der Waals surface area (Å²) >= 11 is 0. The number of nitrogens with one attached hydrogen (secondary N) is 1. The molecule has 0 aliphatic heterocycles. The molecule has 0 heterocycles. The van der Waals surface area contributed by atoms with Crippen molar-refractivity contribution in [3.05, 3.63) is 60.2 Å². The first-order chi connectivity index (χ1) is 9.74. The number of benzene rings is 2. The lowest BCUT2D eigenvalue weighted by atomic mass is 10.2. The standard InChI is InChI=1S/C16H18N2O2/c17-14-7-4-8-15(11-14)20-10-9-16(19)18-12-13-5-2-1-3-6-13/h1-8,11H,9-10,12,17H2,(H,18,19). The van der Waals surface area contributed by atoms with Crippen molar-refractivity contribution in [2.45, 2.75) is 13.0 Å². The highest BCUT2D eigenvalue weighted by atomic mass is 16.5. The summed E-state index contributed by atoms with van der Waals surface area (Å²) in [6.07, 6.45) is 0.321. The lowest BCUT2D eigenvalue weighted by molar-refractivity contribution is -0.121. The van der Waals surface area contributed by atoms with E-state index in [1.165, 1.54) is 0 Å². The van der Waals surface area contributed by atoms with E-state index in [0.29, 0.717) is 31.0 Å². The molecular formula is C16H18N2O2. The highest BCUT2D eigenvalue weighted by Gasteiger charge is 2.02. The lowest BCUT2D eigenvalue weighted by Crippen LogP contribution is -2.24. The fourth-order valence-corrected chi connectivity index (χ4v) is 1.75. The van der Waals surface area contributed by atoms with Crippen molar-refractivity contribution in [2.24, 2.45) is 0 Å². The van der Waals surface area contributed by atoms with Crippen LogP contribution in [0.4, 0.5) is 5.69 Å². The van der Waals surface area contributed by atoms with E-state index in [0.717, 1.165) is 5.56 Å². The first-order valence-electron chi connectivity index (χ1n) is 6.53. The highest BCUT2D eigenvalue weighted by Crippen LogP contribution is 2.14. The van der Waals surface area contributed by atoms with Crippen LogP contribution in [-0.4, -0.2) is 12.5 Å². The normalized spacial score (nSPS) is 10.0. The van der Waals surface area contributed by atoms with Crippen molar-refractivity contribution in [1.82, 2.24) is 5.32 Å². The van der Waals surface area contributed by atoms with Gasteiger partial charge in [0.1, 0.15) is 5.75 Å². The maximum absolute atomic E-state index is 11.7. The predicted molar refractivity (Wildman–Crippen MR) is 79.3 cm³/mol. The molecule has 0 spiro atoms. The SMILES string of the molecule is Nc1cccc(OCCC(=O)NCc2ccccc2)c1. The average molecular weight is 270 g/mol. The van der Waals surface area contributed by atoms with Gasteiger partial charge in [0, 0.05) is 18.3 Å². The van der Waals surface area contributed by atoms with Gasteiger partial charge < -0.3 is 15.8 Å². The van der Waals surface area contributed by atoms with E-state index < -0.39 is 0 Å². The van der Waals surface area contributed by atoms with Crippen molar-refractivity contribution in [3.63, 3.8) is 0 Å². The third-order valence-electron chi connectivity index (χ3n) is 2.79. The molecule has 4 nitrogen and oxygen atoms in total.